The van der Waals surface area contributed by atoms with Crippen LogP contribution < -0.4 is 10.2 Å². The highest BCUT2D eigenvalue weighted by atomic mass is 32.2. The van der Waals surface area contributed by atoms with Crippen molar-refractivity contribution in [1.29, 1.82) is 5.26 Å². The molecule has 1 aliphatic rings. The summed E-state index contributed by atoms with van der Waals surface area (Å²) in [5, 5.41) is 12.8. The van der Waals surface area contributed by atoms with Gasteiger partial charge < -0.3 is 5.32 Å². The van der Waals surface area contributed by atoms with Gasteiger partial charge in [-0.25, -0.2) is 0 Å². The average Bonchev–Trinajstić information content (AvgIpc) is 3.21. The van der Waals surface area contributed by atoms with Crippen LogP contribution in [0.5, 0.6) is 0 Å². The third-order valence-electron chi connectivity index (χ3n) is 6.49. The number of anilines is 2. The first-order chi connectivity index (χ1) is 17.8. The predicted octanol–water partition coefficient (Wildman–Crippen LogP) is 6.75. The molecule has 2 amide bonds. The van der Waals surface area contributed by atoms with E-state index in [0.29, 0.717) is 28.7 Å². The van der Waals surface area contributed by atoms with Gasteiger partial charge in [0.1, 0.15) is 16.7 Å². The number of hydrogen-bond donors (Lipinski definition) is 1. The molecule has 3 aromatic carbocycles. The quantitative estimate of drug-likeness (QED) is 0.283. The van der Waals surface area contributed by atoms with Gasteiger partial charge in [0.15, 0.2) is 0 Å². The summed E-state index contributed by atoms with van der Waals surface area (Å²) in [6.45, 7) is 8.33. The normalized spacial score (nSPS) is 16.6. The molecule has 1 saturated heterocycles. The van der Waals surface area contributed by atoms with Crippen LogP contribution in [0.3, 0.4) is 0 Å². The maximum Gasteiger partial charge on any atom is 0.269 e. The van der Waals surface area contributed by atoms with Gasteiger partial charge in [0, 0.05) is 11.4 Å². The van der Waals surface area contributed by atoms with Crippen molar-refractivity contribution in [1.82, 2.24) is 0 Å². The Labute approximate surface area is 223 Å². The fourth-order valence-corrected chi connectivity index (χ4v) is 5.49. The van der Waals surface area contributed by atoms with Crippen LogP contribution in [-0.4, -0.2) is 17.1 Å². The average molecular weight is 510 g/mol. The number of aryl methyl sites for hydroxylation is 2. The number of nitriles is 1. The molecule has 1 unspecified atom stereocenters. The topological polar surface area (TPSA) is 73.2 Å². The summed E-state index contributed by atoms with van der Waals surface area (Å²) in [5.41, 5.74) is 5.67. The molecule has 4 rings (SSSR count). The molecule has 0 aromatic heterocycles. The molecular formula is C31H31N3O2S. The van der Waals surface area contributed by atoms with Crippen molar-refractivity contribution in [2.45, 2.75) is 51.7 Å². The molecule has 0 radical (unpaired) electrons. The van der Waals surface area contributed by atoms with E-state index in [1.165, 1.54) is 22.2 Å². The Hall–Kier alpha value is -3.82. The summed E-state index contributed by atoms with van der Waals surface area (Å²) in [6, 6.07) is 25.5. The summed E-state index contributed by atoms with van der Waals surface area (Å²) in [5.74, 6) is -0.232. The van der Waals surface area contributed by atoms with Gasteiger partial charge in [-0.3, -0.25) is 14.5 Å². The standard InChI is InChI=1S/C31H31N3O2S/c1-5-22-10-16-26(17-11-22)34-30(36)28(18-23-8-12-24(13-9-23)20(2)3)37-31(34)27(19-32)29(35)33-25-14-6-21(4)7-15-25/h6-17,20,28H,5,18H2,1-4H3,(H,33,35)/b31-27-. The summed E-state index contributed by atoms with van der Waals surface area (Å²) in [4.78, 5) is 28.5. The summed E-state index contributed by atoms with van der Waals surface area (Å²) in [6.07, 6.45) is 1.39. The van der Waals surface area contributed by atoms with Gasteiger partial charge in [-0.15, -0.1) is 0 Å². The number of nitrogens with zero attached hydrogens (tertiary/aromatic N) is 2. The van der Waals surface area contributed by atoms with Crippen LogP contribution in [0.15, 0.2) is 83.4 Å². The number of carbonyl (C=O) groups is 2. The molecular weight excluding hydrogens is 478 g/mol. The van der Waals surface area contributed by atoms with E-state index < -0.39 is 11.2 Å². The third-order valence-corrected chi connectivity index (χ3v) is 7.75. The molecule has 1 aliphatic heterocycles. The van der Waals surface area contributed by atoms with Gasteiger partial charge >= 0.3 is 0 Å². The van der Waals surface area contributed by atoms with Crippen LogP contribution in [0.2, 0.25) is 0 Å². The molecule has 37 heavy (non-hydrogen) atoms. The lowest BCUT2D eigenvalue weighted by atomic mass is 10.00. The Balaban J connectivity index is 1.69. The molecule has 0 saturated carbocycles. The van der Waals surface area contributed by atoms with E-state index in [1.807, 2.05) is 43.3 Å². The Morgan fingerprint density at radius 1 is 1.00 bits per heavy atom. The van der Waals surface area contributed by atoms with E-state index >= 15 is 0 Å². The lowest BCUT2D eigenvalue weighted by Gasteiger charge is -2.19. The fourth-order valence-electron chi connectivity index (χ4n) is 4.19. The van der Waals surface area contributed by atoms with E-state index in [4.69, 9.17) is 0 Å². The second kappa shape index (κ2) is 11.5. The van der Waals surface area contributed by atoms with E-state index in [2.05, 4.69) is 56.4 Å². The zero-order valence-corrected chi connectivity index (χ0v) is 22.4. The van der Waals surface area contributed by atoms with Crippen molar-refractivity contribution in [2.75, 3.05) is 10.2 Å². The minimum Gasteiger partial charge on any atom is -0.321 e. The number of rotatable bonds is 7. The number of thioether (sulfide) groups is 1. The van der Waals surface area contributed by atoms with Crippen LogP contribution in [-0.2, 0) is 22.4 Å². The highest BCUT2D eigenvalue weighted by Gasteiger charge is 2.40. The number of hydrogen-bond acceptors (Lipinski definition) is 4. The van der Waals surface area contributed by atoms with Crippen molar-refractivity contribution in [3.63, 3.8) is 0 Å². The zero-order chi connectivity index (χ0) is 26.5. The monoisotopic (exact) mass is 509 g/mol. The fraction of sp³-hybridized carbons (Fsp3) is 0.258. The first-order valence-electron chi connectivity index (χ1n) is 12.5. The Bertz CT molecular complexity index is 1350. The number of nitrogens with one attached hydrogen (secondary N) is 1. The van der Waals surface area contributed by atoms with E-state index in [9.17, 15) is 14.9 Å². The molecule has 1 heterocycles. The molecule has 0 spiro atoms. The predicted molar refractivity (Wildman–Crippen MR) is 151 cm³/mol. The Morgan fingerprint density at radius 3 is 2.19 bits per heavy atom. The summed E-state index contributed by atoms with van der Waals surface area (Å²) < 4.78 is 0. The van der Waals surface area contributed by atoms with Crippen molar-refractivity contribution in [3.8, 4) is 6.07 Å². The van der Waals surface area contributed by atoms with E-state index in [0.717, 1.165) is 23.1 Å². The van der Waals surface area contributed by atoms with Gasteiger partial charge in [-0.05, 0) is 66.6 Å². The highest BCUT2D eigenvalue weighted by Crippen LogP contribution is 2.42. The maximum absolute atomic E-state index is 13.7. The zero-order valence-electron chi connectivity index (χ0n) is 21.6. The van der Waals surface area contributed by atoms with Gasteiger partial charge in [-0.1, -0.05) is 86.6 Å². The number of amides is 2. The minimum atomic E-state index is -0.529. The lowest BCUT2D eigenvalue weighted by Crippen LogP contribution is -2.31. The van der Waals surface area contributed by atoms with Crippen molar-refractivity contribution in [3.05, 3.63) is 106 Å². The molecule has 0 aliphatic carbocycles. The van der Waals surface area contributed by atoms with Crippen molar-refractivity contribution >= 4 is 35.0 Å². The van der Waals surface area contributed by atoms with Crippen molar-refractivity contribution in [2.24, 2.45) is 0 Å². The van der Waals surface area contributed by atoms with Gasteiger partial charge in [-0.2, -0.15) is 5.26 Å². The lowest BCUT2D eigenvalue weighted by molar-refractivity contribution is -0.117. The van der Waals surface area contributed by atoms with Crippen LogP contribution >= 0.6 is 11.8 Å². The maximum atomic E-state index is 13.7. The molecule has 5 nitrogen and oxygen atoms in total. The Kier molecular flexibility index (Phi) is 8.15. The third kappa shape index (κ3) is 5.95. The minimum absolute atomic E-state index is 0.0730. The Morgan fingerprint density at radius 2 is 1.62 bits per heavy atom. The van der Waals surface area contributed by atoms with Gasteiger partial charge in [0.05, 0.1) is 5.25 Å². The molecule has 1 fully saturated rings. The van der Waals surface area contributed by atoms with Gasteiger partial charge in [0.2, 0.25) is 5.91 Å². The first kappa shape index (κ1) is 26.2. The van der Waals surface area contributed by atoms with Crippen LogP contribution in [0.25, 0.3) is 0 Å². The molecule has 3 aromatic rings. The number of carbonyl (C=O) groups excluding carboxylic acids is 2. The van der Waals surface area contributed by atoms with Crippen molar-refractivity contribution < 1.29 is 9.59 Å². The van der Waals surface area contributed by atoms with Crippen LogP contribution in [0, 0.1) is 18.3 Å². The van der Waals surface area contributed by atoms with E-state index in [1.54, 1.807) is 12.1 Å². The van der Waals surface area contributed by atoms with Crippen LogP contribution in [0.1, 0.15) is 48.9 Å². The summed E-state index contributed by atoms with van der Waals surface area (Å²) in [7, 11) is 0. The number of benzene rings is 3. The highest BCUT2D eigenvalue weighted by molar-refractivity contribution is 8.05. The largest absolute Gasteiger partial charge is 0.321 e. The molecule has 188 valence electrons. The SMILES string of the molecule is CCc1ccc(N2C(=O)C(Cc3ccc(C(C)C)cc3)S/C2=C(/C#N)C(=O)Nc2ccc(C)cc2)cc1. The molecule has 6 heteroatoms. The molecule has 0 bridgehead atoms. The second-order valence-electron chi connectivity index (χ2n) is 9.51. The molecule has 1 atom stereocenters. The van der Waals surface area contributed by atoms with Crippen LogP contribution in [0.4, 0.5) is 11.4 Å². The van der Waals surface area contributed by atoms with Gasteiger partial charge in [0.25, 0.3) is 5.91 Å². The molecule has 1 N–H and O–H groups in total. The smallest absolute Gasteiger partial charge is 0.269 e. The first-order valence-corrected chi connectivity index (χ1v) is 13.4. The summed E-state index contributed by atoms with van der Waals surface area (Å²) >= 11 is 1.28. The van der Waals surface area contributed by atoms with E-state index in [-0.39, 0.29) is 11.5 Å². The second-order valence-corrected chi connectivity index (χ2v) is 10.7.